The van der Waals surface area contributed by atoms with Crippen LogP contribution in [-0.4, -0.2) is 47.0 Å². The van der Waals surface area contributed by atoms with Gasteiger partial charge < -0.3 is 29.4 Å². The number of H-pyrrole nitrogens is 1. The summed E-state index contributed by atoms with van der Waals surface area (Å²) in [4.78, 5) is 19.7. The summed E-state index contributed by atoms with van der Waals surface area (Å²) in [5, 5.41) is 19.7. The van der Waals surface area contributed by atoms with Gasteiger partial charge in [0, 0.05) is 17.7 Å². The molecule has 188 valence electrons. The average molecular weight is 509 g/mol. The Balaban J connectivity index is 2.02. The topological polar surface area (TPSA) is 114 Å². The molecule has 2 aromatic carbocycles. The number of methoxy groups -OCH3 is 2. The fraction of sp³-hybridized carbons (Fsp3) is 0.222. The van der Waals surface area contributed by atoms with Crippen molar-refractivity contribution >= 4 is 42.5 Å². The number of rotatable bonds is 10. The summed E-state index contributed by atoms with van der Waals surface area (Å²) in [5.41, 5.74) is 3.65. The van der Waals surface area contributed by atoms with Crippen molar-refractivity contribution in [3.05, 3.63) is 69.2 Å². The average Bonchev–Trinajstić information content (AvgIpc) is 2.87. The van der Waals surface area contributed by atoms with Crippen LogP contribution in [0.2, 0.25) is 0 Å². The first-order chi connectivity index (χ1) is 17.3. The third kappa shape index (κ3) is 6.96. The maximum atomic E-state index is 12.1. The predicted molar refractivity (Wildman–Crippen MR) is 142 cm³/mol. The maximum Gasteiger partial charge on any atom is 0.306 e. The van der Waals surface area contributed by atoms with Crippen molar-refractivity contribution in [3.8, 4) is 23.0 Å². The number of aromatic nitrogens is 2. The minimum Gasteiger partial charge on any atom is -0.504 e. The standard InChI is InChI=1S/C27H28N2O6S/c1-4-35-26(32)14-9-19-20(10-5-17-7-12-22(30)24(15-17)33-2)28-27(36)29-21(19)11-6-18-8-13-23(31)25(16-18)34-3/h5-8,10-13,15-16,30-31H,4,9,14H2,1-3H3,(H,28,29,36). The van der Waals surface area contributed by atoms with Gasteiger partial charge in [-0.2, -0.15) is 0 Å². The number of phenols is 2. The second-order valence-corrected chi connectivity index (χ2v) is 8.04. The Labute approximate surface area is 214 Å². The summed E-state index contributed by atoms with van der Waals surface area (Å²) >= 11 is 5.37. The monoisotopic (exact) mass is 508 g/mol. The summed E-state index contributed by atoms with van der Waals surface area (Å²) in [6.45, 7) is 2.07. The molecule has 9 heteroatoms. The van der Waals surface area contributed by atoms with Crippen molar-refractivity contribution in [2.24, 2.45) is 0 Å². The smallest absolute Gasteiger partial charge is 0.306 e. The molecule has 0 fully saturated rings. The Kier molecular flexibility index (Phi) is 9.24. The Morgan fingerprint density at radius 3 is 2.11 bits per heavy atom. The van der Waals surface area contributed by atoms with Crippen LogP contribution in [0.1, 0.15) is 41.4 Å². The molecule has 0 unspecified atom stereocenters. The molecule has 0 aliphatic rings. The molecule has 8 nitrogen and oxygen atoms in total. The second kappa shape index (κ2) is 12.6. The summed E-state index contributed by atoms with van der Waals surface area (Å²) < 4.78 is 15.7. The molecule has 0 saturated carbocycles. The molecule has 0 spiro atoms. The highest BCUT2D eigenvalue weighted by molar-refractivity contribution is 7.71. The molecule has 3 aromatic rings. The van der Waals surface area contributed by atoms with Crippen molar-refractivity contribution in [1.82, 2.24) is 9.97 Å². The molecule has 36 heavy (non-hydrogen) atoms. The van der Waals surface area contributed by atoms with Crippen molar-refractivity contribution < 1.29 is 29.2 Å². The van der Waals surface area contributed by atoms with E-state index in [-0.39, 0.29) is 28.7 Å². The molecule has 3 N–H and O–H groups in total. The summed E-state index contributed by atoms with van der Waals surface area (Å²) in [5.74, 6) is 0.493. The molecule has 1 heterocycles. The van der Waals surface area contributed by atoms with E-state index in [0.717, 1.165) is 16.7 Å². The number of aromatic hydroxyl groups is 2. The molecule has 0 aliphatic heterocycles. The number of carbonyl (C=O) groups excluding carboxylic acids is 1. The number of benzene rings is 2. The van der Waals surface area contributed by atoms with Gasteiger partial charge in [-0.15, -0.1) is 0 Å². The number of nitrogens with one attached hydrogen (secondary N) is 1. The lowest BCUT2D eigenvalue weighted by atomic mass is 10.0. The van der Waals surface area contributed by atoms with Crippen molar-refractivity contribution in [1.29, 1.82) is 0 Å². The Hall–Kier alpha value is -4.11. The minimum absolute atomic E-state index is 0.0448. The van der Waals surface area contributed by atoms with E-state index in [2.05, 4.69) is 9.97 Å². The van der Waals surface area contributed by atoms with Gasteiger partial charge in [-0.05, 0) is 73.1 Å². The van der Waals surface area contributed by atoms with E-state index < -0.39 is 0 Å². The van der Waals surface area contributed by atoms with E-state index in [9.17, 15) is 15.0 Å². The molecule has 0 saturated heterocycles. The molecular formula is C27H28N2O6S. The van der Waals surface area contributed by atoms with Gasteiger partial charge in [0.15, 0.2) is 27.8 Å². The fourth-order valence-electron chi connectivity index (χ4n) is 3.49. The molecule has 0 radical (unpaired) electrons. The number of esters is 1. The molecule has 0 bridgehead atoms. The van der Waals surface area contributed by atoms with Gasteiger partial charge >= 0.3 is 5.97 Å². The van der Waals surface area contributed by atoms with Crippen LogP contribution in [0.5, 0.6) is 23.0 Å². The molecule has 0 atom stereocenters. The molecular weight excluding hydrogens is 480 g/mol. The normalized spacial score (nSPS) is 11.2. The number of carbonyl (C=O) groups is 1. The van der Waals surface area contributed by atoms with Crippen LogP contribution >= 0.6 is 12.2 Å². The highest BCUT2D eigenvalue weighted by Gasteiger charge is 2.12. The van der Waals surface area contributed by atoms with Crippen LogP contribution in [0.3, 0.4) is 0 Å². The van der Waals surface area contributed by atoms with Gasteiger partial charge in [0.1, 0.15) is 0 Å². The van der Waals surface area contributed by atoms with Crippen LogP contribution in [0.4, 0.5) is 0 Å². The molecule has 0 aliphatic carbocycles. The predicted octanol–water partition coefficient (Wildman–Crippen LogP) is 5.40. The van der Waals surface area contributed by atoms with Gasteiger partial charge in [0.25, 0.3) is 0 Å². The number of phenolic OH excluding ortho intramolecular Hbond substituents is 2. The largest absolute Gasteiger partial charge is 0.504 e. The van der Waals surface area contributed by atoms with Gasteiger partial charge in [0.2, 0.25) is 0 Å². The maximum absolute atomic E-state index is 12.1. The van der Waals surface area contributed by atoms with E-state index >= 15 is 0 Å². The summed E-state index contributed by atoms with van der Waals surface area (Å²) in [7, 11) is 2.97. The zero-order valence-electron chi connectivity index (χ0n) is 20.3. The quantitative estimate of drug-likeness (QED) is 0.246. The van der Waals surface area contributed by atoms with Crippen LogP contribution in [0.15, 0.2) is 36.4 Å². The second-order valence-electron chi connectivity index (χ2n) is 7.65. The number of nitrogens with zero attached hydrogens (tertiary/aromatic N) is 1. The third-order valence-corrected chi connectivity index (χ3v) is 5.46. The first-order valence-electron chi connectivity index (χ1n) is 11.2. The third-order valence-electron chi connectivity index (χ3n) is 5.27. The van der Waals surface area contributed by atoms with Crippen molar-refractivity contribution in [2.45, 2.75) is 19.8 Å². The SMILES string of the molecule is CCOC(=O)CCc1c(C=Cc2ccc(O)c(OC)c2)nc(=S)[nH]c1C=Cc1ccc(O)c(OC)c1. The van der Waals surface area contributed by atoms with Crippen molar-refractivity contribution in [3.63, 3.8) is 0 Å². The minimum atomic E-state index is -0.309. The zero-order chi connectivity index (χ0) is 26.1. The van der Waals surface area contributed by atoms with E-state index in [4.69, 9.17) is 26.4 Å². The summed E-state index contributed by atoms with van der Waals surface area (Å²) in [6, 6.07) is 10.0. The first kappa shape index (κ1) is 26.5. The summed E-state index contributed by atoms with van der Waals surface area (Å²) in [6.07, 6.45) is 7.85. The number of aromatic amines is 1. The molecule has 0 amide bonds. The Morgan fingerprint density at radius 1 is 0.972 bits per heavy atom. The van der Waals surface area contributed by atoms with Gasteiger partial charge in [0.05, 0.1) is 26.5 Å². The molecule has 3 rings (SSSR count). The number of ether oxygens (including phenoxy) is 3. The lowest BCUT2D eigenvalue weighted by Gasteiger charge is -2.10. The number of hydrogen-bond donors (Lipinski definition) is 3. The number of hydrogen-bond acceptors (Lipinski definition) is 8. The van der Waals surface area contributed by atoms with E-state index in [1.807, 2.05) is 18.2 Å². The van der Waals surface area contributed by atoms with Crippen LogP contribution < -0.4 is 9.47 Å². The Morgan fingerprint density at radius 2 is 1.56 bits per heavy atom. The van der Waals surface area contributed by atoms with Crippen molar-refractivity contribution in [2.75, 3.05) is 20.8 Å². The van der Waals surface area contributed by atoms with E-state index in [0.29, 0.717) is 35.9 Å². The highest BCUT2D eigenvalue weighted by atomic mass is 32.1. The fourth-order valence-corrected chi connectivity index (χ4v) is 3.70. The zero-order valence-corrected chi connectivity index (χ0v) is 21.1. The van der Waals surface area contributed by atoms with Gasteiger partial charge in [-0.1, -0.05) is 24.3 Å². The first-order valence-corrected chi connectivity index (χ1v) is 11.6. The van der Waals surface area contributed by atoms with Crippen LogP contribution in [0, 0.1) is 4.77 Å². The van der Waals surface area contributed by atoms with E-state index in [1.54, 1.807) is 49.4 Å². The van der Waals surface area contributed by atoms with E-state index in [1.165, 1.54) is 14.2 Å². The lowest BCUT2D eigenvalue weighted by molar-refractivity contribution is -0.143. The van der Waals surface area contributed by atoms with Crippen LogP contribution in [-0.2, 0) is 16.0 Å². The van der Waals surface area contributed by atoms with Gasteiger partial charge in [-0.25, -0.2) is 4.98 Å². The Bertz CT molecular complexity index is 1260. The molecule has 1 aromatic heterocycles. The lowest BCUT2D eigenvalue weighted by Crippen LogP contribution is -2.08. The van der Waals surface area contributed by atoms with Gasteiger partial charge in [-0.3, -0.25) is 4.79 Å². The highest BCUT2D eigenvalue weighted by Crippen LogP contribution is 2.29. The van der Waals surface area contributed by atoms with Crippen LogP contribution in [0.25, 0.3) is 24.3 Å².